The topological polar surface area (TPSA) is 0 Å². The molecular weight excluding hydrogens is 156 g/mol. The van der Waals surface area contributed by atoms with Gasteiger partial charge in [0.25, 0.3) is 0 Å². The molecule has 78 valence electrons. The summed E-state index contributed by atoms with van der Waals surface area (Å²) in [5.74, 6) is 4.00. The van der Waals surface area contributed by atoms with Crippen molar-refractivity contribution in [3.8, 4) is 0 Å². The fraction of sp³-hybridized carbons (Fsp3) is 1.00. The Morgan fingerprint density at radius 2 is 1.77 bits per heavy atom. The minimum Gasteiger partial charge on any atom is -0.0651 e. The van der Waals surface area contributed by atoms with Gasteiger partial charge in [-0.1, -0.05) is 47.0 Å². The van der Waals surface area contributed by atoms with Gasteiger partial charge in [-0.15, -0.1) is 0 Å². The molecule has 0 aliphatic heterocycles. The van der Waals surface area contributed by atoms with E-state index in [1.165, 1.54) is 32.1 Å². The van der Waals surface area contributed by atoms with Crippen LogP contribution in [0.3, 0.4) is 0 Å². The molecule has 1 rings (SSSR count). The summed E-state index contributed by atoms with van der Waals surface area (Å²) < 4.78 is 0. The quantitative estimate of drug-likeness (QED) is 0.600. The van der Waals surface area contributed by atoms with Crippen LogP contribution in [0.4, 0.5) is 0 Å². The van der Waals surface area contributed by atoms with Gasteiger partial charge in [-0.3, -0.25) is 0 Å². The minimum absolute atomic E-state index is 0.972. The van der Waals surface area contributed by atoms with Gasteiger partial charge in [0, 0.05) is 0 Å². The van der Waals surface area contributed by atoms with Crippen molar-refractivity contribution in [2.75, 3.05) is 0 Å². The first-order valence-electron chi connectivity index (χ1n) is 6.19. The van der Waals surface area contributed by atoms with Crippen molar-refractivity contribution in [3.05, 3.63) is 0 Å². The molecule has 1 fully saturated rings. The van der Waals surface area contributed by atoms with Crippen LogP contribution in [-0.2, 0) is 0 Å². The molecule has 0 nitrogen and oxygen atoms in total. The van der Waals surface area contributed by atoms with Crippen molar-refractivity contribution in [1.82, 2.24) is 0 Å². The molecule has 1 aliphatic rings. The van der Waals surface area contributed by atoms with E-state index < -0.39 is 0 Å². The van der Waals surface area contributed by atoms with E-state index in [4.69, 9.17) is 0 Å². The lowest BCUT2D eigenvalue weighted by molar-refractivity contribution is 0.233. The molecule has 0 heteroatoms. The minimum atomic E-state index is 0.972. The zero-order chi connectivity index (χ0) is 9.84. The Morgan fingerprint density at radius 3 is 2.15 bits per heavy atom. The van der Waals surface area contributed by atoms with Gasteiger partial charge in [-0.25, -0.2) is 0 Å². The van der Waals surface area contributed by atoms with Gasteiger partial charge in [0.05, 0.1) is 0 Å². The van der Waals surface area contributed by atoms with Crippen LogP contribution in [0, 0.1) is 23.7 Å². The number of hydrogen-bond donors (Lipinski definition) is 0. The summed E-state index contributed by atoms with van der Waals surface area (Å²) in [7, 11) is 0. The third kappa shape index (κ3) is 2.72. The summed E-state index contributed by atoms with van der Waals surface area (Å²) in [5.41, 5.74) is 0. The summed E-state index contributed by atoms with van der Waals surface area (Å²) in [6.45, 7) is 9.60. The van der Waals surface area contributed by atoms with E-state index in [-0.39, 0.29) is 0 Å². The fourth-order valence-corrected chi connectivity index (χ4v) is 3.15. The highest BCUT2D eigenvalue weighted by Crippen LogP contribution is 2.39. The highest BCUT2D eigenvalue weighted by atomic mass is 14.3. The normalized spacial score (nSPS) is 31.2. The monoisotopic (exact) mass is 182 g/mol. The maximum Gasteiger partial charge on any atom is -0.0383 e. The van der Waals surface area contributed by atoms with Gasteiger partial charge in [0.15, 0.2) is 0 Å². The maximum absolute atomic E-state index is 2.49. The largest absolute Gasteiger partial charge is 0.0651 e. The summed E-state index contributed by atoms with van der Waals surface area (Å²) in [5, 5.41) is 0. The average Bonchev–Trinajstić information content (AvgIpc) is 2.54. The van der Waals surface area contributed by atoms with Crippen LogP contribution in [0.15, 0.2) is 0 Å². The molecule has 13 heavy (non-hydrogen) atoms. The Bertz CT molecular complexity index is 135. The summed E-state index contributed by atoms with van der Waals surface area (Å²) in [6, 6.07) is 0. The zero-order valence-corrected chi connectivity index (χ0v) is 9.84. The molecule has 0 radical (unpaired) electrons. The molecule has 1 aliphatic carbocycles. The van der Waals surface area contributed by atoms with Gasteiger partial charge in [-0.05, 0) is 36.5 Å². The molecule has 0 N–H and O–H groups in total. The van der Waals surface area contributed by atoms with Gasteiger partial charge >= 0.3 is 0 Å². The van der Waals surface area contributed by atoms with Crippen LogP contribution in [0.25, 0.3) is 0 Å². The van der Waals surface area contributed by atoms with Gasteiger partial charge in [0.1, 0.15) is 0 Å². The SMILES string of the molecule is CCC(CC)C(C)C1CCC(C)C1. The van der Waals surface area contributed by atoms with Gasteiger partial charge in [-0.2, -0.15) is 0 Å². The van der Waals surface area contributed by atoms with Crippen molar-refractivity contribution in [3.63, 3.8) is 0 Å². The zero-order valence-electron chi connectivity index (χ0n) is 9.84. The van der Waals surface area contributed by atoms with E-state index >= 15 is 0 Å². The van der Waals surface area contributed by atoms with Crippen LogP contribution in [0.5, 0.6) is 0 Å². The van der Waals surface area contributed by atoms with Crippen LogP contribution in [0.1, 0.15) is 59.8 Å². The first kappa shape index (κ1) is 11.1. The van der Waals surface area contributed by atoms with Gasteiger partial charge < -0.3 is 0 Å². The van der Waals surface area contributed by atoms with E-state index in [0.717, 1.165) is 23.7 Å². The highest BCUT2D eigenvalue weighted by molar-refractivity contribution is 4.79. The van der Waals surface area contributed by atoms with Crippen LogP contribution >= 0.6 is 0 Å². The molecule has 0 spiro atoms. The second kappa shape index (κ2) is 5.02. The smallest absolute Gasteiger partial charge is 0.0383 e. The molecule has 0 heterocycles. The van der Waals surface area contributed by atoms with Crippen molar-refractivity contribution in [2.24, 2.45) is 23.7 Å². The molecule has 0 saturated heterocycles. The Kier molecular flexibility index (Phi) is 4.28. The predicted molar refractivity (Wildman–Crippen MR) is 59.7 cm³/mol. The van der Waals surface area contributed by atoms with E-state index in [1.54, 1.807) is 0 Å². The first-order chi connectivity index (χ1) is 6.19. The first-order valence-corrected chi connectivity index (χ1v) is 6.19. The van der Waals surface area contributed by atoms with Crippen molar-refractivity contribution < 1.29 is 0 Å². The van der Waals surface area contributed by atoms with Crippen LogP contribution < -0.4 is 0 Å². The summed E-state index contributed by atoms with van der Waals surface area (Å²) in [4.78, 5) is 0. The third-order valence-electron chi connectivity index (χ3n) is 4.27. The lowest BCUT2D eigenvalue weighted by Crippen LogP contribution is -2.18. The molecule has 0 bridgehead atoms. The molecule has 1 saturated carbocycles. The van der Waals surface area contributed by atoms with Crippen molar-refractivity contribution in [2.45, 2.75) is 59.8 Å². The second-order valence-electron chi connectivity index (χ2n) is 5.11. The number of hydrogen-bond acceptors (Lipinski definition) is 0. The second-order valence-corrected chi connectivity index (χ2v) is 5.11. The fourth-order valence-electron chi connectivity index (χ4n) is 3.15. The maximum atomic E-state index is 2.49. The molecule has 0 aromatic heterocycles. The standard InChI is InChI=1S/C13H26/c1-5-12(6-2)11(4)13-8-7-10(3)9-13/h10-13H,5-9H2,1-4H3. The van der Waals surface area contributed by atoms with E-state index in [1.807, 2.05) is 0 Å². The highest BCUT2D eigenvalue weighted by Gasteiger charge is 2.29. The Hall–Kier alpha value is 0. The third-order valence-corrected chi connectivity index (χ3v) is 4.27. The van der Waals surface area contributed by atoms with E-state index in [2.05, 4.69) is 27.7 Å². The molecule has 0 aromatic carbocycles. The lowest BCUT2D eigenvalue weighted by atomic mass is 9.79. The molecule has 3 atom stereocenters. The van der Waals surface area contributed by atoms with E-state index in [9.17, 15) is 0 Å². The summed E-state index contributed by atoms with van der Waals surface area (Å²) in [6.07, 6.45) is 7.23. The molecule has 0 aromatic rings. The molecular formula is C13H26. The van der Waals surface area contributed by atoms with Crippen LogP contribution in [0.2, 0.25) is 0 Å². The number of rotatable bonds is 4. The predicted octanol–water partition coefficient (Wildman–Crippen LogP) is 4.49. The van der Waals surface area contributed by atoms with Crippen LogP contribution in [-0.4, -0.2) is 0 Å². The Balaban J connectivity index is 2.41. The Morgan fingerprint density at radius 1 is 1.15 bits per heavy atom. The van der Waals surface area contributed by atoms with Crippen molar-refractivity contribution >= 4 is 0 Å². The molecule has 0 amide bonds. The van der Waals surface area contributed by atoms with E-state index in [0.29, 0.717) is 0 Å². The Labute approximate surface area is 84.1 Å². The van der Waals surface area contributed by atoms with Crippen molar-refractivity contribution in [1.29, 1.82) is 0 Å². The van der Waals surface area contributed by atoms with Gasteiger partial charge in [0.2, 0.25) is 0 Å². The lowest BCUT2D eigenvalue weighted by Gasteiger charge is -2.27. The molecule has 3 unspecified atom stereocenters. The average molecular weight is 182 g/mol. The summed E-state index contributed by atoms with van der Waals surface area (Å²) >= 11 is 0.